The average molecular weight is 579 g/mol. The van der Waals surface area contributed by atoms with E-state index in [0.29, 0.717) is 46.7 Å². The second kappa shape index (κ2) is 11.3. The summed E-state index contributed by atoms with van der Waals surface area (Å²) in [5.41, 5.74) is 4.03. The number of nitrogens with one attached hydrogen (secondary N) is 3. The Kier molecular flexibility index (Phi) is 7.24. The summed E-state index contributed by atoms with van der Waals surface area (Å²) in [6.07, 6.45) is 3.96. The van der Waals surface area contributed by atoms with Gasteiger partial charge in [-0.25, -0.2) is 4.79 Å². The summed E-state index contributed by atoms with van der Waals surface area (Å²) in [6.45, 7) is 1.20. The number of piperidine rings is 1. The van der Waals surface area contributed by atoms with Crippen LogP contribution in [0.15, 0.2) is 77.4 Å². The SMILES string of the molecule is O=C1NC(=O)C(=Cc2ccc(N=C(c3ccc(CN4CCCCC4=O)cc3)C3C(=O)Nc4ccc([N+](=O)[O-])cc43)cc2)N1. The molecule has 216 valence electrons. The number of nitrogens with zero attached hydrogens (tertiary/aromatic N) is 3. The van der Waals surface area contributed by atoms with Gasteiger partial charge in [-0.2, -0.15) is 0 Å². The number of rotatable bonds is 7. The first kappa shape index (κ1) is 27.5. The molecule has 2 fully saturated rings. The van der Waals surface area contributed by atoms with Gasteiger partial charge in [-0.05, 0) is 53.8 Å². The van der Waals surface area contributed by atoms with Crippen molar-refractivity contribution in [2.24, 2.45) is 4.99 Å². The van der Waals surface area contributed by atoms with E-state index in [4.69, 9.17) is 4.99 Å². The van der Waals surface area contributed by atoms with E-state index in [9.17, 15) is 29.3 Å². The topological polar surface area (TPSA) is 163 Å². The van der Waals surface area contributed by atoms with Crippen molar-refractivity contribution in [3.63, 3.8) is 0 Å². The van der Waals surface area contributed by atoms with Crippen molar-refractivity contribution < 1.29 is 24.1 Å². The lowest BCUT2D eigenvalue weighted by Gasteiger charge is -2.26. The highest BCUT2D eigenvalue weighted by Gasteiger charge is 2.37. The van der Waals surface area contributed by atoms with Crippen LogP contribution in [0.3, 0.4) is 0 Å². The van der Waals surface area contributed by atoms with Gasteiger partial charge in [-0.15, -0.1) is 0 Å². The molecule has 0 radical (unpaired) electrons. The lowest BCUT2D eigenvalue weighted by Crippen LogP contribution is -2.34. The molecule has 2 saturated heterocycles. The summed E-state index contributed by atoms with van der Waals surface area (Å²) in [4.78, 5) is 66.6. The Hall–Kier alpha value is -5.65. The van der Waals surface area contributed by atoms with Gasteiger partial charge >= 0.3 is 6.03 Å². The third-order valence-corrected chi connectivity index (χ3v) is 7.57. The molecule has 3 aliphatic rings. The van der Waals surface area contributed by atoms with Crippen molar-refractivity contribution in [2.45, 2.75) is 31.7 Å². The molecule has 3 heterocycles. The van der Waals surface area contributed by atoms with Crippen LogP contribution in [0.1, 0.15) is 47.4 Å². The number of benzene rings is 3. The molecule has 5 amide bonds. The third-order valence-electron chi connectivity index (χ3n) is 7.57. The molecule has 3 N–H and O–H groups in total. The molecular formula is C31H26N6O6. The smallest absolute Gasteiger partial charge is 0.326 e. The fourth-order valence-corrected chi connectivity index (χ4v) is 5.39. The molecule has 6 rings (SSSR count). The number of fused-ring (bicyclic) bond motifs is 1. The van der Waals surface area contributed by atoms with Gasteiger partial charge in [0.15, 0.2) is 0 Å². The zero-order valence-corrected chi connectivity index (χ0v) is 22.8. The molecule has 3 aliphatic heterocycles. The number of nitro groups is 1. The zero-order chi connectivity index (χ0) is 30.1. The van der Waals surface area contributed by atoms with Crippen LogP contribution in [0, 0.1) is 10.1 Å². The molecule has 43 heavy (non-hydrogen) atoms. The normalized spacial score (nSPS) is 19.3. The molecule has 12 heteroatoms. The Bertz CT molecular complexity index is 1730. The quantitative estimate of drug-likeness (QED) is 0.125. The van der Waals surface area contributed by atoms with Crippen molar-refractivity contribution in [2.75, 3.05) is 11.9 Å². The van der Waals surface area contributed by atoms with Crippen LogP contribution in [0.2, 0.25) is 0 Å². The van der Waals surface area contributed by atoms with Gasteiger partial charge in [0.2, 0.25) is 11.8 Å². The minimum atomic E-state index is -0.913. The molecule has 0 aliphatic carbocycles. The maximum absolute atomic E-state index is 13.3. The average Bonchev–Trinajstić information content (AvgIpc) is 3.49. The van der Waals surface area contributed by atoms with Crippen molar-refractivity contribution >= 4 is 52.6 Å². The summed E-state index contributed by atoms with van der Waals surface area (Å²) in [5, 5.41) is 18.9. The Morgan fingerprint density at radius 1 is 0.953 bits per heavy atom. The Balaban J connectivity index is 1.36. The predicted octanol–water partition coefficient (Wildman–Crippen LogP) is 4.14. The van der Waals surface area contributed by atoms with Gasteiger partial charge in [0, 0.05) is 42.9 Å². The van der Waals surface area contributed by atoms with Gasteiger partial charge in [-0.3, -0.25) is 34.8 Å². The minimum Gasteiger partial charge on any atom is -0.338 e. The fourth-order valence-electron chi connectivity index (χ4n) is 5.39. The van der Waals surface area contributed by atoms with E-state index < -0.39 is 22.8 Å². The van der Waals surface area contributed by atoms with E-state index >= 15 is 0 Å². The molecule has 12 nitrogen and oxygen atoms in total. The van der Waals surface area contributed by atoms with E-state index in [1.165, 1.54) is 24.3 Å². The van der Waals surface area contributed by atoms with Crippen molar-refractivity contribution in [3.05, 3.63) is 105 Å². The maximum atomic E-state index is 13.3. The van der Waals surface area contributed by atoms with Crippen LogP contribution in [-0.2, 0) is 20.9 Å². The second-order valence-electron chi connectivity index (χ2n) is 10.5. The Labute approximate surface area is 245 Å². The molecule has 1 unspecified atom stereocenters. The number of hydrogen-bond acceptors (Lipinski definition) is 7. The molecule has 3 aromatic carbocycles. The van der Waals surface area contributed by atoms with Gasteiger partial charge in [0.25, 0.3) is 11.6 Å². The number of anilines is 1. The summed E-state index contributed by atoms with van der Waals surface area (Å²) in [7, 11) is 0. The van der Waals surface area contributed by atoms with E-state index in [1.54, 1.807) is 24.3 Å². The minimum absolute atomic E-state index is 0.120. The van der Waals surface area contributed by atoms with Crippen LogP contribution in [0.4, 0.5) is 21.9 Å². The number of amides is 5. The van der Waals surface area contributed by atoms with Crippen LogP contribution >= 0.6 is 0 Å². The van der Waals surface area contributed by atoms with Gasteiger partial charge in [-0.1, -0.05) is 36.4 Å². The number of hydrogen-bond donors (Lipinski definition) is 3. The van der Waals surface area contributed by atoms with Gasteiger partial charge in [0.1, 0.15) is 11.6 Å². The van der Waals surface area contributed by atoms with Crippen molar-refractivity contribution in [3.8, 4) is 0 Å². The highest BCUT2D eigenvalue weighted by molar-refractivity contribution is 6.24. The van der Waals surface area contributed by atoms with E-state index in [0.717, 1.165) is 24.9 Å². The largest absolute Gasteiger partial charge is 0.338 e. The van der Waals surface area contributed by atoms with Crippen LogP contribution in [0.25, 0.3) is 6.08 Å². The number of non-ortho nitro benzene ring substituents is 1. The lowest BCUT2D eigenvalue weighted by molar-refractivity contribution is -0.384. The highest BCUT2D eigenvalue weighted by atomic mass is 16.6. The Morgan fingerprint density at radius 3 is 2.40 bits per heavy atom. The summed E-state index contributed by atoms with van der Waals surface area (Å²) >= 11 is 0. The summed E-state index contributed by atoms with van der Waals surface area (Å²) in [6, 6.07) is 18.0. The molecule has 0 bridgehead atoms. The first-order chi connectivity index (χ1) is 20.7. The number of carbonyl (C=O) groups is 4. The number of aliphatic imine (C=N–C) groups is 1. The third kappa shape index (κ3) is 5.75. The molecule has 1 atom stereocenters. The van der Waals surface area contributed by atoms with Crippen molar-refractivity contribution in [1.29, 1.82) is 0 Å². The number of carbonyl (C=O) groups excluding carboxylic acids is 4. The summed E-state index contributed by atoms with van der Waals surface area (Å²) in [5.74, 6) is -1.67. The van der Waals surface area contributed by atoms with E-state index in [1.807, 2.05) is 29.2 Å². The fraction of sp³-hybridized carbons (Fsp3) is 0.194. The van der Waals surface area contributed by atoms with Crippen LogP contribution in [0.5, 0.6) is 0 Å². The molecule has 3 aromatic rings. The zero-order valence-electron chi connectivity index (χ0n) is 22.8. The second-order valence-corrected chi connectivity index (χ2v) is 10.5. The Morgan fingerprint density at radius 2 is 1.72 bits per heavy atom. The molecular weight excluding hydrogens is 552 g/mol. The predicted molar refractivity (Wildman–Crippen MR) is 157 cm³/mol. The monoisotopic (exact) mass is 578 g/mol. The lowest BCUT2D eigenvalue weighted by atomic mass is 9.90. The molecule has 0 saturated carbocycles. The number of nitro benzene ring substituents is 1. The van der Waals surface area contributed by atoms with Crippen LogP contribution < -0.4 is 16.0 Å². The molecule has 0 aromatic heterocycles. The first-order valence-corrected chi connectivity index (χ1v) is 13.7. The molecule has 0 spiro atoms. The van der Waals surface area contributed by atoms with Crippen LogP contribution in [-0.4, -0.2) is 45.8 Å². The number of urea groups is 1. The van der Waals surface area contributed by atoms with Gasteiger partial charge < -0.3 is 15.5 Å². The highest BCUT2D eigenvalue weighted by Crippen LogP contribution is 2.38. The number of imide groups is 1. The van der Waals surface area contributed by atoms with E-state index in [-0.39, 0.29) is 23.2 Å². The van der Waals surface area contributed by atoms with E-state index in [2.05, 4.69) is 16.0 Å². The summed E-state index contributed by atoms with van der Waals surface area (Å²) < 4.78 is 0. The maximum Gasteiger partial charge on any atom is 0.326 e. The van der Waals surface area contributed by atoms with Gasteiger partial charge in [0.05, 0.1) is 16.3 Å². The number of likely N-dealkylation sites (tertiary alicyclic amines) is 1. The standard InChI is InChI=1S/C31H26N6O6/c38-26-3-1-2-14-36(26)17-19-4-8-20(9-5-19)28(27-23-16-22(37(42)43)12-13-24(23)33-30(27)40)32-21-10-6-18(7-11-21)15-25-29(39)35-31(41)34-25/h4-13,15-16,27H,1-3,14,17H2,(H,33,40)(H2,34,35,39,41). The first-order valence-electron chi connectivity index (χ1n) is 13.7. The van der Waals surface area contributed by atoms with Crippen molar-refractivity contribution in [1.82, 2.24) is 15.5 Å².